The lowest BCUT2D eigenvalue weighted by molar-refractivity contribution is -0.114. The van der Waals surface area contributed by atoms with E-state index in [-0.39, 0.29) is 16.9 Å². The van der Waals surface area contributed by atoms with E-state index in [1.165, 1.54) is 18.3 Å². The summed E-state index contributed by atoms with van der Waals surface area (Å²) in [5, 5.41) is 5.68. The third-order valence-corrected chi connectivity index (χ3v) is 5.01. The van der Waals surface area contributed by atoms with E-state index in [0.29, 0.717) is 22.5 Å². The number of rotatable bonds is 5. The van der Waals surface area contributed by atoms with Crippen molar-refractivity contribution in [2.45, 2.75) is 6.92 Å². The van der Waals surface area contributed by atoms with Crippen molar-refractivity contribution in [3.63, 3.8) is 0 Å². The van der Waals surface area contributed by atoms with E-state index in [4.69, 9.17) is 0 Å². The summed E-state index contributed by atoms with van der Waals surface area (Å²) in [6.45, 7) is 1.41. The van der Waals surface area contributed by atoms with Crippen molar-refractivity contribution in [2.24, 2.45) is 0 Å². The highest BCUT2D eigenvalue weighted by molar-refractivity contribution is 7.92. The van der Waals surface area contributed by atoms with Gasteiger partial charge in [-0.1, -0.05) is 11.3 Å². The number of carbonyl (C=O) groups is 2. The van der Waals surface area contributed by atoms with Crippen LogP contribution in [0.25, 0.3) is 10.2 Å². The molecule has 2 amide bonds. The molecule has 10 heteroatoms. The van der Waals surface area contributed by atoms with E-state index in [9.17, 15) is 18.0 Å². The Morgan fingerprint density at radius 2 is 1.67 bits per heavy atom. The van der Waals surface area contributed by atoms with Gasteiger partial charge in [-0.15, -0.1) is 0 Å². The second-order valence-corrected chi connectivity index (χ2v) is 8.57. The first-order valence-corrected chi connectivity index (χ1v) is 10.5. The summed E-state index contributed by atoms with van der Waals surface area (Å²) >= 11 is 1.18. The van der Waals surface area contributed by atoms with E-state index in [2.05, 4.69) is 20.3 Å². The average Bonchev–Trinajstić information content (AvgIpc) is 2.94. The Morgan fingerprint density at radius 1 is 1.00 bits per heavy atom. The van der Waals surface area contributed by atoms with E-state index >= 15 is 0 Å². The molecule has 8 nitrogen and oxygen atoms in total. The zero-order chi connectivity index (χ0) is 19.6. The lowest BCUT2D eigenvalue weighted by atomic mass is 10.2. The van der Waals surface area contributed by atoms with Crippen LogP contribution in [0.3, 0.4) is 0 Å². The molecule has 0 bridgehead atoms. The number of anilines is 3. The number of hydrogen-bond acceptors (Lipinski definition) is 6. The van der Waals surface area contributed by atoms with Crippen LogP contribution in [0, 0.1) is 0 Å². The molecule has 0 aliphatic rings. The molecular formula is C17H16N4O4S2. The van der Waals surface area contributed by atoms with Crippen LogP contribution in [-0.4, -0.2) is 31.5 Å². The summed E-state index contributed by atoms with van der Waals surface area (Å²) in [7, 11) is -3.40. The molecule has 0 unspecified atom stereocenters. The molecule has 3 aromatic rings. The van der Waals surface area contributed by atoms with Crippen molar-refractivity contribution >= 4 is 59.9 Å². The largest absolute Gasteiger partial charge is 0.326 e. The van der Waals surface area contributed by atoms with Gasteiger partial charge >= 0.3 is 0 Å². The molecule has 3 rings (SSSR count). The Bertz CT molecular complexity index is 1120. The van der Waals surface area contributed by atoms with Gasteiger partial charge in [-0.2, -0.15) is 0 Å². The summed E-state index contributed by atoms with van der Waals surface area (Å²) in [4.78, 5) is 27.6. The SMILES string of the molecule is CC(=O)Nc1ccc(C(=O)Nc2ccc3nc(NS(C)(=O)=O)sc3c2)cc1. The fourth-order valence-corrected chi connectivity index (χ4v) is 4.06. The second-order valence-electron chi connectivity index (χ2n) is 5.79. The van der Waals surface area contributed by atoms with Crippen LogP contribution < -0.4 is 15.4 Å². The first kappa shape index (κ1) is 18.8. The summed E-state index contributed by atoms with van der Waals surface area (Å²) < 4.78 is 25.7. The molecule has 140 valence electrons. The van der Waals surface area contributed by atoms with Gasteiger partial charge < -0.3 is 10.6 Å². The van der Waals surface area contributed by atoms with Crippen LogP contribution in [0.1, 0.15) is 17.3 Å². The van der Waals surface area contributed by atoms with Gasteiger partial charge in [-0.05, 0) is 42.5 Å². The van der Waals surface area contributed by atoms with Crippen molar-refractivity contribution < 1.29 is 18.0 Å². The number of nitrogens with zero attached hydrogens (tertiary/aromatic N) is 1. The fourth-order valence-electron chi connectivity index (χ4n) is 2.32. The number of carbonyl (C=O) groups excluding carboxylic acids is 2. The van der Waals surface area contributed by atoms with Crippen LogP contribution in [0.2, 0.25) is 0 Å². The summed E-state index contributed by atoms with van der Waals surface area (Å²) in [6.07, 6.45) is 1.06. The van der Waals surface area contributed by atoms with Gasteiger partial charge in [-0.3, -0.25) is 14.3 Å². The smallest absolute Gasteiger partial charge is 0.255 e. The van der Waals surface area contributed by atoms with Gasteiger partial charge in [0.05, 0.1) is 16.5 Å². The molecule has 0 saturated heterocycles. The van der Waals surface area contributed by atoms with E-state index in [0.717, 1.165) is 11.0 Å². The molecule has 27 heavy (non-hydrogen) atoms. The van der Waals surface area contributed by atoms with Crippen LogP contribution in [0.15, 0.2) is 42.5 Å². The molecule has 0 atom stereocenters. The molecule has 0 radical (unpaired) electrons. The summed E-state index contributed by atoms with van der Waals surface area (Å²) in [5.74, 6) is -0.488. The van der Waals surface area contributed by atoms with Crippen LogP contribution in [0.4, 0.5) is 16.5 Å². The van der Waals surface area contributed by atoms with Crippen molar-refractivity contribution in [1.29, 1.82) is 0 Å². The maximum atomic E-state index is 12.4. The normalized spacial score (nSPS) is 11.2. The number of amides is 2. The lowest BCUT2D eigenvalue weighted by Gasteiger charge is -2.06. The van der Waals surface area contributed by atoms with Gasteiger partial charge in [0.2, 0.25) is 15.9 Å². The zero-order valence-electron chi connectivity index (χ0n) is 14.4. The number of aromatic nitrogens is 1. The van der Waals surface area contributed by atoms with Crippen molar-refractivity contribution in [1.82, 2.24) is 4.98 Å². The van der Waals surface area contributed by atoms with Gasteiger partial charge in [-0.25, -0.2) is 13.4 Å². The maximum Gasteiger partial charge on any atom is 0.255 e. The van der Waals surface area contributed by atoms with E-state index in [1.54, 1.807) is 42.5 Å². The number of hydrogen-bond donors (Lipinski definition) is 3. The standard InChI is InChI=1S/C17H16N4O4S2/c1-10(22)18-12-5-3-11(4-6-12)16(23)19-13-7-8-14-15(9-13)26-17(20-14)21-27(2,24)25/h3-9H,1-2H3,(H,18,22)(H,19,23)(H,20,21). The van der Waals surface area contributed by atoms with Gasteiger partial charge in [0.25, 0.3) is 5.91 Å². The summed E-state index contributed by atoms with van der Waals surface area (Å²) in [5.41, 5.74) is 2.24. The highest BCUT2D eigenvalue weighted by atomic mass is 32.2. The number of benzene rings is 2. The highest BCUT2D eigenvalue weighted by Crippen LogP contribution is 2.29. The van der Waals surface area contributed by atoms with E-state index in [1.807, 2.05) is 0 Å². The molecule has 0 saturated carbocycles. The van der Waals surface area contributed by atoms with Crippen LogP contribution in [0.5, 0.6) is 0 Å². The zero-order valence-corrected chi connectivity index (χ0v) is 16.1. The molecule has 2 aromatic carbocycles. The predicted molar refractivity (Wildman–Crippen MR) is 107 cm³/mol. The Morgan fingerprint density at radius 3 is 2.30 bits per heavy atom. The topological polar surface area (TPSA) is 117 Å². The quantitative estimate of drug-likeness (QED) is 0.604. The van der Waals surface area contributed by atoms with Gasteiger partial charge in [0, 0.05) is 23.9 Å². The third-order valence-electron chi connectivity index (χ3n) is 3.39. The van der Waals surface area contributed by atoms with Crippen molar-refractivity contribution in [3.8, 4) is 0 Å². The number of nitrogens with one attached hydrogen (secondary N) is 3. The van der Waals surface area contributed by atoms with Crippen molar-refractivity contribution in [3.05, 3.63) is 48.0 Å². The minimum absolute atomic E-state index is 0.185. The Kier molecular flexibility index (Phi) is 5.10. The number of fused-ring (bicyclic) bond motifs is 1. The Hall–Kier alpha value is -2.98. The van der Waals surface area contributed by atoms with Crippen LogP contribution >= 0.6 is 11.3 Å². The first-order valence-electron chi connectivity index (χ1n) is 7.77. The maximum absolute atomic E-state index is 12.4. The van der Waals surface area contributed by atoms with E-state index < -0.39 is 10.0 Å². The lowest BCUT2D eigenvalue weighted by Crippen LogP contribution is -2.12. The first-order chi connectivity index (χ1) is 12.7. The molecule has 3 N–H and O–H groups in total. The number of sulfonamides is 1. The predicted octanol–water partition coefficient (Wildman–Crippen LogP) is 2.88. The average molecular weight is 404 g/mol. The molecule has 1 heterocycles. The van der Waals surface area contributed by atoms with Gasteiger partial charge in [0.15, 0.2) is 5.13 Å². The monoisotopic (exact) mass is 404 g/mol. The minimum Gasteiger partial charge on any atom is -0.326 e. The molecule has 0 fully saturated rings. The highest BCUT2D eigenvalue weighted by Gasteiger charge is 2.11. The minimum atomic E-state index is -3.40. The molecule has 0 spiro atoms. The third kappa shape index (κ3) is 5.02. The summed E-state index contributed by atoms with van der Waals surface area (Å²) in [6, 6.07) is 11.6. The molecule has 1 aromatic heterocycles. The fraction of sp³-hybridized carbons (Fsp3) is 0.118. The van der Waals surface area contributed by atoms with Gasteiger partial charge in [0.1, 0.15) is 0 Å². The molecular weight excluding hydrogens is 388 g/mol. The van der Waals surface area contributed by atoms with Crippen LogP contribution in [-0.2, 0) is 14.8 Å². The molecule has 0 aliphatic carbocycles. The Labute approximate surface area is 159 Å². The second kappa shape index (κ2) is 7.33. The molecule has 0 aliphatic heterocycles. The Balaban J connectivity index is 1.75. The number of thiazole rings is 1. The van der Waals surface area contributed by atoms with Crippen molar-refractivity contribution in [2.75, 3.05) is 21.6 Å².